The van der Waals surface area contributed by atoms with E-state index in [9.17, 15) is 0 Å². The summed E-state index contributed by atoms with van der Waals surface area (Å²) in [7, 11) is 1.88. The second-order valence-electron chi connectivity index (χ2n) is 4.11. The van der Waals surface area contributed by atoms with Crippen molar-refractivity contribution in [1.82, 2.24) is 25.0 Å². The van der Waals surface area contributed by atoms with Gasteiger partial charge in [0.15, 0.2) is 0 Å². The van der Waals surface area contributed by atoms with Crippen LogP contribution in [-0.2, 0) is 13.6 Å². The zero-order valence-corrected chi connectivity index (χ0v) is 12.1. The fraction of sp³-hybridized carbons (Fsp3) is 0.455. The number of aryl methyl sites for hydroxylation is 2. The molecule has 0 saturated carbocycles. The quantitative estimate of drug-likeness (QED) is 0.645. The second kappa shape index (κ2) is 5.64. The largest absolute Gasteiger partial charge is 0.275 e. The first-order valence-electron chi connectivity index (χ1n) is 5.84. The van der Waals surface area contributed by atoms with E-state index in [1.807, 2.05) is 24.0 Å². The maximum Gasteiger partial charge on any atom is 0.108 e. The number of nitrogens with two attached hydrogens (primary N) is 1. The first-order valence-corrected chi connectivity index (χ1v) is 6.63. The number of nitrogens with one attached hydrogen (secondary N) is 1. The van der Waals surface area contributed by atoms with Crippen molar-refractivity contribution in [2.75, 3.05) is 0 Å². The third-order valence-corrected chi connectivity index (χ3v) is 3.35. The Bertz CT molecular complexity index is 517. The third kappa shape index (κ3) is 2.47. The maximum atomic E-state index is 5.68. The molecule has 6 nitrogen and oxygen atoms in total. The third-order valence-electron chi connectivity index (χ3n) is 2.74. The van der Waals surface area contributed by atoms with Crippen LogP contribution in [-0.4, -0.2) is 19.6 Å². The van der Waals surface area contributed by atoms with Crippen molar-refractivity contribution in [3.8, 4) is 0 Å². The van der Waals surface area contributed by atoms with Crippen LogP contribution < -0.4 is 11.3 Å². The lowest BCUT2D eigenvalue weighted by atomic mass is 10.1. The van der Waals surface area contributed by atoms with Gasteiger partial charge in [-0.3, -0.25) is 15.2 Å². The van der Waals surface area contributed by atoms with Crippen LogP contribution in [0.25, 0.3) is 0 Å². The van der Waals surface area contributed by atoms with Crippen molar-refractivity contribution < 1.29 is 0 Å². The minimum atomic E-state index is -0.172. The molecule has 2 aromatic heterocycles. The summed E-state index contributed by atoms with van der Waals surface area (Å²) < 4.78 is 4.64. The van der Waals surface area contributed by atoms with Crippen molar-refractivity contribution in [3.63, 3.8) is 0 Å². The van der Waals surface area contributed by atoms with Crippen LogP contribution in [0.3, 0.4) is 0 Å². The lowest BCUT2D eigenvalue weighted by Gasteiger charge is -2.16. The van der Waals surface area contributed by atoms with Crippen LogP contribution >= 0.6 is 15.9 Å². The van der Waals surface area contributed by atoms with Crippen molar-refractivity contribution >= 4 is 15.9 Å². The second-order valence-corrected chi connectivity index (χ2v) is 4.97. The lowest BCUT2D eigenvalue weighted by molar-refractivity contribution is 0.509. The van der Waals surface area contributed by atoms with Crippen molar-refractivity contribution in [2.45, 2.75) is 25.9 Å². The number of rotatable bonds is 5. The molecule has 0 bridgehead atoms. The Morgan fingerprint density at radius 3 is 2.89 bits per heavy atom. The van der Waals surface area contributed by atoms with E-state index in [0.717, 1.165) is 28.8 Å². The molecule has 18 heavy (non-hydrogen) atoms. The first kappa shape index (κ1) is 13.3. The lowest BCUT2D eigenvalue weighted by Crippen LogP contribution is -2.31. The fourth-order valence-electron chi connectivity index (χ4n) is 1.94. The van der Waals surface area contributed by atoms with E-state index in [4.69, 9.17) is 5.84 Å². The van der Waals surface area contributed by atoms with Gasteiger partial charge in [-0.1, -0.05) is 6.92 Å². The van der Waals surface area contributed by atoms with Crippen molar-refractivity contribution in [2.24, 2.45) is 12.9 Å². The smallest absolute Gasteiger partial charge is 0.108 e. The summed E-state index contributed by atoms with van der Waals surface area (Å²) in [6.07, 6.45) is 4.70. The molecule has 2 aromatic rings. The predicted molar refractivity (Wildman–Crippen MR) is 72.6 cm³/mol. The van der Waals surface area contributed by atoms with Gasteiger partial charge in [0, 0.05) is 19.8 Å². The van der Waals surface area contributed by atoms with E-state index in [-0.39, 0.29) is 6.04 Å². The highest BCUT2D eigenvalue weighted by atomic mass is 79.9. The Labute approximate surface area is 114 Å². The summed E-state index contributed by atoms with van der Waals surface area (Å²) in [6.45, 7) is 2.97. The highest BCUT2D eigenvalue weighted by Crippen LogP contribution is 2.27. The van der Waals surface area contributed by atoms with Gasteiger partial charge >= 0.3 is 0 Å². The molecule has 0 aliphatic carbocycles. The molecule has 0 saturated heterocycles. The summed E-state index contributed by atoms with van der Waals surface area (Å²) >= 11 is 3.52. The highest BCUT2D eigenvalue weighted by Gasteiger charge is 2.22. The van der Waals surface area contributed by atoms with Crippen molar-refractivity contribution in [1.29, 1.82) is 0 Å². The molecule has 0 aromatic carbocycles. The van der Waals surface area contributed by atoms with Crippen LogP contribution in [0.15, 0.2) is 22.9 Å². The number of hydrazine groups is 1. The summed E-state index contributed by atoms with van der Waals surface area (Å²) in [5.74, 6) is 5.68. The normalized spacial score (nSPS) is 12.9. The molecule has 0 spiro atoms. The summed E-state index contributed by atoms with van der Waals surface area (Å²) in [5, 5.41) is 8.74. The number of hydrogen-bond donors (Lipinski definition) is 2. The molecule has 0 fully saturated rings. The SMILES string of the molecule is CCCn1ncc(Br)c1C(NN)c1ccn(C)n1. The van der Waals surface area contributed by atoms with Gasteiger partial charge in [0.25, 0.3) is 0 Å². The Morgan fingerprint density at radius 2 is 2.33 bits per heavy atom. The fourth-order valence-corrected chi connectivity index (χ4v) is 2.47. The molecular formula is C11H17BrN6. The van der Waals surface area contributed by atoms with Gasteiger partial charge < -0.3 is 0 Å². The van der Waals surface area contributed by atoms with Gasteiger partial charge in [-0.2, -0.15) is 10.2 Å². The number of halogens is 1. The Hall–Kier alpha value is -1.18. The minimum Gasteiger partial charge on any atom is -0.275 e. The molecule has 2 heterocycles. The van der Waals surface area contributed by atoms with Crippen LogP contribution in [0, 0.1) is 0 Å². The van der Waals surface area contributed by atoms with Crippen LogP contribution in [0.1, 0.15) is 30.8 Å². The Morgan fingerprint density at radius 1 is 1.56 bits per heavy atom. The number of hydrogen-bond acceptors (Lipinski definition) is 4. The molecular weight excluding hydrogens is 296 g/mol. The summed E-state index contributed by atoms with van der Waals surface area (Å²) in [4.78, 5) is 0. The summed E-state index contributed by atoms with van der Waals surface area (Å²) in [5.41, 5.74) is 4.68. The number of aromatic nitrogens is 4. The van der Waals surface area contributed by atoms with Crippen LogP contribution in [0.4, 0.5) is 0 Å². The van der Waals surface area contributed by atoms with E-state index in [1.165, 1.54) is 0 Å². The van der Waals surface area contributed by atoms with Gasteiger partial charge in [-0.15, -0.1) is 0 Å². The van der Waals surface area contributed by atoms with E-state index < -0.39 is 0 Å². The van der Waals surface area contributed by atoms with Gasteiger partial charge in [-0.25, -0.2) is 5.43 Å². The van der Waals surface area contributed by atoms with Crippen LogP contribution in [0.2, 0.25) is 0 Å². The predicted octanol–water partition coefficient (Wildman–Crippen LogP) is 1.34. The molecule has 1 unspecified atom stereocenters. The average molecular weight is 313 g/mol. The Balaban J connectivity index is 2.41. The molecule has 0 aliphatic rings. The molecule has 3 N–H and O–H groups in total. The number of nitrogens with zero attached hydrogens (tertiary/aromatic N) is 4. The zero-order valence-electron chi connectivity index (χ0n) is 10.5. The average Bonchev–Trinajstić information content (AvgIpc) is 2.91. The van der Waals surface area contributed by atoms with Crippen LogP contribution in [0.5, 0.6) is 0 Å². The van der Waals surface area contributed by atoms with Gasteiger partial charge in [0.2, 0.25) is 0 Å². The molecule has 98 valence electrons. The van der Waals surface area contributed by atoms with Crippen molar-refractivity contribution in [3.05, 3.63) is 34.3 Å². The van der Waals surface area contributed by atoms with E-state index in [2.05, 4.69) is 38.5 Å². The Kier molecular flexibility index (Phi) is 4.15. The van der Waals surface area contributed by atoms with E-state index in [0.29, 0.717) is 0 Å². The van der Waals surface area contributed by atoms with E-state index in [1.54, 1.807) is 10.9 Å². The highest BCUT2D eigenvalue weighted by molar-refractivity contribution is 9.10. The summed E-state index contributed by atoms with van der Waals surface area (Å²) in [6, 6.07) is 1.77. The van der Waals surface area contributed by atoms with E-state index >= 15 is 0 Å². The zero-order chi connectivity index (χ0) is 13.1. The maximum absolute atomic E-state index is 5.68. The van der Waals surface area contributed by atoms with Gasteiger partial charge in [-0.05, 0) is 28.4 Å². The monoisotopic (exact) mass is 312 g/mol. The molecule has 0 radical (unpaired) electrons. The molecule has 0 aliphatic heterocycles. The molecule has 0 amide bonds. The van der Waals surface area contributed by atoms with Gasteiger partial charge in [0.05, 0.1) is 22.1 Å². The molecule has 1 atom stereocenters. The standard InChI is InChI=1S/C11H17BrN6/c1-3-5-18-11(8(12)7-14-18)10(15-13)9-4-6-17(2)16-9/h4,6-7,10,15H,3,5,13H2,1-2H3. The molecule has 2 rings (SSSR count). The van der Waals surface area contributed by atoms with Gasteiger partial charge in [0.1, 0.15) is 6.04 Å². The molecule has 7 heteroatoms. The first-order chi connectivity index (χ1) is 8.67. The topological polar surface area (TPSA) is 73.7 Å². The minimum absolute atomic E-state index is 0.172.